The molecule has 1 aromatic carbocycles. The van der Waals surface area contributed by atoms with Crippen LogP contribution in [0.2, 0.25) is 0 Å². The van der Waals surface area contributed by atoms with E-state index in [2.05, 4.69) is 29.2 Å². The topological polar surface area (TPSA) is 29.5 Å². The van der Waals surface area contributed by atoms with Crippen molar-refractivity contribution in [3.05, 3.63) is 35.4 Å². The maximum absolute atomic E-state index is 12.1. The minimum absolute atomic E-state index is 0.0172. The molecule has 3 nitrogen and oxygen atoms in total. The first-order chi connectivity index (χ1) is 9.79. The van der Waals surface area contributed by atoms with Crippen LogP contribution in [-0.2, 0) is 16.0 Å². The lowest BCUT2D eigenvalue weighted by atomic mass is 9.77. The quantitative estimate of drug-likeness (QED) is 0.790. The van der Waals surface area contributed by atoms with Crippen molar-refractivity contribution in [1.82, 2.24) is 4.90 Å². The highest BCUT2D eigenvalue weighted by molar-refractivity contribution is 5.75. The van der Waals surface area contributed by atoms with Crippen LogP contribution in [0, 0.1) is 0 Å². The highest BCUT2D eigenvalue weighted by atomic mass is 16.5. The fourth-order valence-electron chi connectivity index (χ4n) is 3.52. The van der Waals surface area contributed by atoms with E-state index in [4.69, 9.17) is 4.74 Å². The van der Waals surface area contributed by atoms with Crippen molar-refractivity contribution in [2.75, 3.05) is 19.7 Å². The van der Waals surface area contributed by atoms with Crippen LogP contribution in [0.15, 0.2) is 24.3 Å². The Hall–Kier alpha value is -1.35. The zero-order valence-corrected chi connectivity index (χ0v) is 12.2. The molecule has 2 unspecified atom stereocenters. The van der Waals surface area contributed by atoms with Crippen molar-refractivity contribution >= 4 is 5.97 Å². The largest absolute Gasteiger partial charge is 0.465 e. The number of ether oxygens (including phenoxy) is 1. The molecule has 0 spiro atoms. The second kappa shape index (κ2) is 5.96. The molecule has 0 N–H and O–H groups in total. The first kappa shape index (κ1) is 13.6. The lowest BCUT2D eigenvalue weighted by Gasteiger charge is -2.39. The first-order valence-corrected chi connectivity index (χ1v) is 7.78. The van der Waals surface area contributed by atoms with E-state index in [1.807, 2.05) is 6.92 Å². The Morgan fingerprint density at radius 1 is 1.35 bits per heavy atom. The number of nitrogens with zero attached hydrogens (tertiary/aromatic N) is 1. The Bertz CT molecular complexity index is 486. The van der Waals surface area contributed by atoms with Crippen molar-refractivity contribution in [1.29, 1.82) is 0 Å². The summed E-state index contributed by atoms with van der Waals surface area (Å²) in [6.45, 7) is 4.39. The third kappa shape index (κ3) is 2.59. The van der Waals surface area contributed by atoms with Crippen LogP contribution in [0.1, 0.15) is 43.2 Å². The van der Waals surface area contributed by atoms with E-state index in [0.717, 1.165) is 32.4 Å². The molecular formula is C17H23NO2. The van der Waals surface area contributed by atoms with Gasteiger partial charge in [-0.05, 0) is 43.9 Å². The van der Waals surface area contributed by atoms with E-state index < -0.39 is 0 Å². The molecule has 2 aliphatic rings. The number of benzene rings is 1. The van der Waals surface area contributed by atoms with Crippen LogP contribution >= 0.6 is 0 Å². The molecule has 3 heteroatoms. The third-order valence-electron chi connectivity index (χ3n) is 4.59. The zero-order valence-electron chi connectivity index (χ0n) is 12.2. The van der Waals surface area contributed by atoms with E-state index in [1.54, 1.807) is 0 Å². The number of carbonyl (C=O) groups is 1. The van der Waals surface area contributed by atoms with Crippen molar-refractivity contribution in [2.45, 2.75) is 44.6 Å². The summed E-state index contributed by atoms with van der Waals surface area (Å²) in [5.74, 6) is 0.570. The van der Waals surface area contributed by atoms with Gasteiger partial charge in [-0.2, -0.15) is 0 Å². The van der Waals surface area contributed by atoms with Gasteiger partial charge in [0.1, 0.15) is 6.04 Å². The summed E-state index contributed by atoms with van der Waals surface area (Å²) in [5.41, 5.74) is 2.95. The summed E-state index contributed by atoms with van der Waals surface area (Å²) in [6, 6.07) is 8.65. The van der Waals surface area contributed by atoms with E-state index in [0.29, 0.717) is 12.5 Å². The lowest BCUT2D eigenvalue weighted by Crippen LogP contribution is -2.48. The first-order valence-electron chi connectivity index (χ1n) is 7.78. The molecule has 1 saturated heterocycles. The Morgan fingerprint density at radius 3 is 3.00 bits per heavy atom. The van der Waals surface area contributed by atoms with Crippen LogP contribution in [-0.4, -0.2) is 36.6 Å². The molecule has 1 aliphatic heterocycles. The van der Waals surface area contributed by atoms with E-state index in [9.17, 15) is 4.79 Å². The second-order valence-corrected chi connectivity index (χ2v) is 5.86. The SMILES string of the molecule is CCOC(=O)C1CCCCN1CC1Cc2ccccc21. The van der Waals surface area contributed by atoms with E-state index in [1.165, 1.54) is 17.5 Å². The van der Waals surface area contributed by atoms with Crippen LogP contribution < -0.4 is 0 Å². The molecule has 108 valence electrons. The summed E-state index contributed by atoms with van der Waals surface area (Å²) in [4.78, 5) is 14.4. The van der Waals surface area contributed by atoms with Crippen LogP contribution in [0.5, 0.6) is 0 Å². The molecular weight excluding hydrogens is 250 g/mol. The van der Waals surface area contributed by atoms with Crippen molar-refractivity contribution in [3.63, 3.8) is 0 Å². The number of fused-ring (bicyclic) bond motifs is 1. The average Bonchev–Trinajstić information content (AvgIpc) is 2.45. The highest BCUT2D eigenvalue weighted by Crippen LogP contribution is 2.36. The molecule has 0 saturated carbocycles. The number of hydrogen-bond acceptors (Lipinski definition) is 3. The summed E-state index contributed by atoms with van der Waals surface area (Å²) in [5, 5.41) is 0. The van der Waals surface area contributed by atoms with Gasteiger partial charge >= 0.3 is 5.97 Å². The van der Waals surface area contributed by atoms with Gasteiger partial charge in [-0.15, -0.1) is 0 Å². The smallest absolute Gasteiger partial charge is 0.323 e. The minimum atomic E-state index is -0.0280. The minimum Gasteiger partial charge on any atom is -0.465 e. The molecule has 1 aliphatic carbocycles. The standard InChI is InChI=1S/C17H23NO2/c1-2-20-17(19)16-9-5-6-10-18(16)12-14-11-13-7-3-4-8-15(13)14/h3-4,7-8,14,16H,2,5-6,9-12H2,1H3. The van der Waals surface area contributed by atoms with Gasteiger partial charge in [-0.25, -0.2) is 0 Å². The van der Waals surface area contributed by atoms with Crippen LogP contribution in [0.25, 0.3) is 0 Å². The Labute approximate surface area is 120 Å². The Morgan fingerprint density at radius 2 is 2.20 bits per heavy atom. The second-order valence-electron chi connectivity index (χ2n) is 5.86. The summed E-state index contributed by atoms with van der Waals surface area (Å²) < 4.78 is 5.23. The summed E-state index contributed by atoms with van der Waals surface area (Å²) in [6.07, 6.45) is 4.45. The van der Waals surface area contributed by atoms with Gasteiger partial charge in [0, 0.05) is 12.5 Å². The molecule has 1 heterocycles. The molecule has 0 bridgehead atoms. The molecule has 0 aromatic heterocycles. The van der Waals surface area contributed by atoms with Gasteiger partial charge < -0.3 is 4.74 Å². The molecule has 0 amide bonds. The fourth-order valence-corrected chi connectivity index (χ4v) is 3.52. The average molecular weight is 273 g/mol. The molecule has 1 fully saturated rings. The summed E-state index contributed by atoms with van der Waals surface area (Å²) >= 11 is 0. The number of carbonyl (C=O) groups excluding carboxylic acids is 1. The van der Waals surface area contributed by atoms with Gasteiger partial charge in [0.15, 0.2) is 0 Å². The van der Waals surface area contributed by atoms with Gasteiger partial charge in [-0.3, -0.25) is 9.69 Å². The highest BCUT2D eigenvalue weighted by Gasteiger charge is 2.34. The van der Waals surface area contributed by atoms with Crippen molar-refractivity contribution in [2.24, 2.45) is 0 Å². The molecule has 3 rings (SSSR count). The maximum Gasteiger partial charge on any atom is 0.323 e. The molecule has 1 aromatic rings. The normalized spacial score (nSPS) is 25.6. The van der Waals surface area contributed by atoms with E-state index in [-0.39, 0.29) is 12.0 Å². The Balaban J connectivity index is 1.65. The lowest BCUT2D eigenvalue weighted by molar-refractivity contribution is -0.151. The number of esters is 1. The van der Waals surface area contributed by atoms with Gasteiger partial charge in [0.05, 0.1) is 6.61 Å². The monoisotopic (exact) mass is 273 g/mol. The van der Waals surface area contributed by atoms with Crippen LogP contribution in [0.3, 0.4) is 0 Å². The summed E-state index contributed by atoms with van der Waals surface area (Å²) in [7, 11) is 0. The van der Waals surface area contributed by atoms with Gasteiger partial charge in [0.25, 0.3) is 0 Å². The molecule has 20 heavy (non-hydrogen) atoms. The number of rotatable bonds is 4. The molecule has 2 atom stereocenters. The van der Waals surface area contributed by atoms with Crippen LogP contribution in [0.4, 0.5) is 0 Å². The predicted octanol–water partition coefficient (Wildman–Crippen LogP) is 2.74. The number of likely N-dealkylation sites (tertiary alicyclic amines) is 1. The van der Waals surface area contributed by atoms with Gasteiger partial charge in [0.2, 0.25) is 0 Å². The molecule has 0 radical (unpaired) electrons. The predicted molar refractivity (Wildman–Crippen MR) is 78.7 cm³/mol. The van der Waals surface area contributed by atoms with Crippen molar-refractivity contribution < 1.29 is 9.53 Å². The zero-order chi connectivity index (χ0) is 13.9. The number of hydrogen-bond donors (Lipinski definition) is 0. The van der Waals surface area contributed by atoms with E-state index >= 15 is 0 Å². The van der Waals surface area contributed by atoms with Crippen molar-refractivity contribution in [3.8, 4) is 0 Å². The van der Waals surface area contributed by atoms with Gasteiger partial charge in [-0.1, -0.05) is 30.7 Å². The third-order valence-corrected chi connectivity index (χ3v) is 4.59. The fraction of sp³-hybridized carbons (Fsp3) is 0.588. The Kier molecular flexibility index (Phi) is 4.06. The maximum atomic E-state index is 12.1. The number of piperidine rings is 1.